The molecular formula is C19H20FNO5S. The van der Waals surface area contributed by atoms with E-state index >= 15 is 0 Å². The van der Waals surface area contributed by atoms with Crippen LogP contribution in [0.15, 0.2) is 53.4 Å². The average Bonchev–Trinajstić information content (AvgIpc) is 2.59. The number of ketones is 1. The van der Waals surface area contributed by atoms with Gasteiger partial charge in [0.05, 0.1) is 10.5 Å². The molecule has 0 aliphatic heterocycles. The minimum atomic E-state index is -3.88. The van der Waals surface area contributed by atoms with Crippen LogP contribution in [0.25, 0.3) is 0 Å². The minimum absolute atomic E-state index is 0.0897. The highest BCUT2D eigenvalue weighted by Gasteiger charge is 2.23. The van der Waals surface area contributed by atoms with E-state index in [0.29, 0.717) is 0 Å². The van der Waals surface area contributed by atoms with Crippen LogP contribution in [-0.4, -0.2) is 26.8 Å². The summed E-state index contributed by atoms with van der Waals surface area (Å²) >= 11 is 0. The van der Waals surface area contributed by atoms with E-state index < -0.39 is 27.2 Å². The number of hydrogen-bond acceptors (Lipinski definition) is 5. The number of halogens is 1. The van der Waals surface area contributed by atoms with E-state index in [1.165, 1.54) is 24.3 Å². The Labute approximate surface area is 157 Å². The van der Waals surface area contributed by atoms with Crippen molar-refractivity contribution in [1.29, 1.82) is 0 Å². The molecule has 0 saturated heterocycles. The molecule has 8 heteroatoms. The van der Waals surface area contributed by atoms with E-state index in [1.807, 2.05) is 0 Å². The van der Waals surface area contributed by atoms with Crippen molar-refractivity contribution in [2.24, 2.45) is 5.41 Å². The summed E-state index contributed by atoms with van der Waals surface area (Å²) in [5.41, 5.74) is -0.203. The van der Waals surface area contributed by atoms with E-state index in [0.717, 1.165) is 24.3 Å². The second kappa shape index (κ2) is 7.87. The summed E-state index contributed by atoms with van der Waals surface area (Å²) in [6.45, 7) is 4.85. The van der Waals surface area contributed by atoms with Gasteiger partial charge in [0.15, 0.2) is 12.4 Å². The second-order valence-corrected chi connectivity index (χ2v) is 8.57. The Kier molecular flexibility index (Phi) is 6.00. The summed E-state index contributed by atoms with van der Waals surface area (Å²) < 4.78 is 44.7. The van der Waals surface area contributed by atoms with Gasteiger partial charge in [0.2, 0.25) is 0 Å². The lowest BCUT2D eigenvalue weighted by Crippen LogP contribution is -2.26. The summed E-state index contributed by atoms with van der Waals surface area (Å²) in [4.78, 5) is 23.7. The highest BCUT2D eigenvalue weighted by molar-refractivity contribution is 7.92. The van der Waals surface area contributed by atoms with Gasteiger partial charge in [0.25, 0.3) is 10.0 Å². The third-order valence-electron chi connectivity index (χ3n) is 3.67. The molecule has 0 aromatic heterocycles. The van der Waals surface area contributed by atoms with Crippen LogP contribution in [0.5, 0.6) is 0 Å². The van der Waals surface area contributed by atoms with Crippen molar-refractivity contribution in [2.45, 2.75) is 25.7 Å². The first kappa shape index (κ1) is 20.6. The molecule has 0 bridgehead atoms. The second-order valence-electron chi connectivity index (χ2n) is 6.89. The number of Topliss-reactive ketones (excluding diaryl/α,β-unsaturated/α-hetero) is 1. The minimum Gasteiger partial charge on any atom is -0.454 e. The monoisotopic (exact) mass is 393 g/mol. The van der Waals surface area contributed by atoms with E-state index in [9.17, 15) is 22.4 Å². The highest BCUT2D eigenvalue weighted by atomic mass is 32.2. The first-order valence-corrected chi connectivity index (χ1v) is 9.56. The maximum absolute atomic E-state index is 12.9. The van der Waals surface area contributed by atoms with Crippen LogP contribution in [0.4, 0.5) is 10.1 Å². The molecule has 0 atom stereocenters. The Morgan fingerprint density at radius 1 is 1.00 bits per heavy atom. The molecule has 2 aromatic rings. The number of rotatable bonds is 6. The fraction of sp³-hybridized carbons (Fsp3) is 0.263. The van der Waals surface area contributed by atoms with Gasteiger partial charge in [-0.2, -0.15) is 0 Å². The lowest BCUT2D eigenvalue weighted by atomic mass is 9.91. The molecule has 0 aliphatic rings. The molecule has 0 amide bonds. The molecule has 0 spiro atoms. The van der Waals surface area contributed by atoms with Crippen LogP contribution in [0.1, 0.15) is 31.1 Å². The Hall–Kier alpha value is -2.74. The van der Waals surface area contributed by atoms with E-state index in [2.05, 4.69) is 4.72 Å². The molecule has 0 saturated carbocycles. The fourth-order valence-electron chi connectivity index (χ4n) is 1.93. The van der Waals surface area contributed by atoms with Gasteiger partial charge in [-0.3, -0.25) is 9.52 Å². The summed E-state index contributed by atoms with van der Waals surface area (Å²) in [5.74, 6) is -1.43. The zero-order chi connectivity index (χ0) is 20.2. The average molecular weight is 393 g/mol. The van der Waals surface area contributed by atoms with Crippen LogP contribution in [0.2, 0.25) is 0 Å². The summed E-state index contributed by atoms with van der Waals surface area (Å²) in [6, 6.07) is 9.94. The molecule has 0 radical (unpaired) electrons. The van der Waals surface area contributed by atoms with Crippen molar-refractivity contribution < 1.29 is 27.1 Å². The van der Waals surface area contributed by atoms with Crippen LogP contribution in [-0.2, 0) is 19.6 Å². The largest absolute Gasteiger partial charge is 0.454 e. The number of esters is 1. The topological polar surface area (TPSA) is 89.5 Å². The number of nitrogens with one attached hydrogen (secondary N) is 1. The molecule has 6 nitrogen and oxygen atoms in total. The Morgan fingerprint density at radius 2 is 1.56 bits per heavy atom. The highest BCUT2D eigenvalue weighted by Crippen LogP contribution is 2.18. The Bertz CT molecular complexity index is 930. The molecule has 144 valence electrons. The van der Waals surface area contributed by atoms with Gasteiger partial charge in [-0.25, -0.2) is 17.6 Å². The summed E-state index contributed by atoms with van der Waals surface area (Å²) in [7, 11) is -3.88. The zero-order valence-corrected chi connectivity index (χ0v) is 16.0. The van der Waals surface area contributed by atoms with Crippen LogP contribution in [0.3, 0.4) is 0 Å². The number of benzene rings is 2. The van der Waals surface area contributed by atoms with Crippen LogP contribution < -0.4 is 4.72 Å². The summed E-state index contributed by atoms with van der Waals surface area (Å²) in [5, 5.41) is 0. The van der Waals surface area contributed by atoms with E-state index in [4.69, 9.17) is 4.74 Å². The molecule has 1 N–H and O–H groups in total. The van der Waals surface area contributed by atoms with Gasteiger partial charge >= 0.3 is 5.97 Å². The maximum atomic E-state index is 12.9. The van der Waals surface area contributed by atoms with Crippen molar-refractivity contribution in [3.63, 3.8) is 0 Å². The third kappa shape index (κ3) is 5.62. The first-order valence-electron chi connectivity index (χ1n) is 8.08. The molecular weight excluding hydrogens is 373 g/mol. The van der Waals surface area contributed by atoms with Gasteiger partial charge in [0.1, 0.15) is 5.82 Å². The quantitative estimate of drug-likeness (QED) is 0.760. The van der Waals surface area contributed by atoms with E-state index in [1.54, 1.807) is 20.8 Å². The van der Waals surface area contributed by atoms with Crippen molar-refractivity contribution in [3.8, 4) is 0 Å². The van der Waals surface area contributed by atoms with Gasteiger partial charge in [-0.05, 0) is 48.5 Å². The van der Waals surface area contributed by atoms with Gasteiger partial charge in [-0.15, -0.1) is 0 Å². The molecule has 0 unspecified atom stereocenters. The lowest BCUT2D eigenvalue weighted by Gasteiger charge is -2.16. The summed E-state index contributed by atoms with van der Waals surface area (Å²) in [6.07, 6.45) is 0. The number of anilines is 1. The SMILES string of the molecule is CC(C)(C)C(=O)COC(=O)c1ccc(NS(=O)(=O)c2ccc(F)cc2)cc1. The van der Waals surface area contributed by atoms with Crippen LogP contribution in [0, 0.1) is 11.2 Å². The molecule has 2 aromatic carbocycles. The van der Waals surface area contributed by atoms with Crippen LogP contribution >= 0.6 is 0 Å². The standard InChI is InChI=1S/C19H20FNO5S/c1-19(2,3)17(22)12-26-18(23)13-4-8-15(9-5-13)21-27(24,25)16-10-6-14(20)7-11-16/h4-11,21H,12H2,1-3H3. The van der Waals surface area contributed by atoms with Crippen molar-refractivity contribution in [3.05, 3.63) is 59.9 Å². The lowest BCUT2D eigenvalue weighted by molar-refractivity contribution is -0.129. The molecule has 27 heavy (non-hydrogen) atoms. The van der Waals surface area contributed by atoms with Gasteiger partial charge in [0, 0.05) is 11.1 Å². The normalized spacial score (nSPS) is 11.7. The zero-order valence-electron chi connectivity index (χ0n) is 15.2. The van der Waals surface area contributed by atoms with Gasteiger partial charge in [-0.1, -0.05) is 20.8 Å². The number of carbonyl (C=O) groups is 2. The Balaban J connectivity index is 2.03. The number of carbonyl (C=O) groups excluding carboxylic acids is 2. The Morgan fingerprint density at radius 3 is 2.07 bits per heavy atom. The fourth-order valence-corrected chi connectivity index (χ4v) is 2.99. The predicted molar refractivity (Wildman–Crippen MR) is 98.4 cm³/mol. The number of sulfonamides is 1. The van der Waals surface area contributed by atoms with E-state index in [-0.39, 0.29) is 28.5 Å². The molecule has 2 rings (SSSR count). The molecule has 0 fully saturated rings. The number of ether oxygens (including phenoxy) is 1. The third-order valence-corrected chi connectivity index (χ3v) is 5.06. The van der Waals surface area contributed by atoms with Crippen molar-refractivity contribution in [2.75, 3.05) is 11.3 Å². The molecule has 0 heterocycles. The molecule has 0 aliphatic carbocycles. The van der Waals surface area contributed by atoms with Gasteiger partial charge < -0.3 is 4.74 Å². The van der Waals surface area contributed by atoms with Crippen molar-refractivity contribution in [1.82, 2.24) is 0 Å². The maximum Gasteiger partial charge on any atom is 0.338 e. The smallest absolute Gasteiger partial charge is 0.338 e. The number of hydrogen-bond donors (Lipinski definition) is 1. The van der Waals surface area contributed by atoms with Crippen molar-refractivity contribution >= 4 is 27.5 Å². The first-order chi connectivity index (χ1) is 12.5. The predicted octanol–water partition coefficient (Wildman–Crippen LogP) is 3.40.